The van der Waals surface area contributed by atoms with Gasteiger partial charge in [-0.3, -0.25) is 4.79 Å². The summed E-state index contributed by atoms with van der Waals surface area (Å²) in [7, 11) is 0. The zero-order valence-corrected chi connectivity index (χ0v) is 12.5. The molecule has 2 aliphatic rings. The number of hydrogen-bond donors (Lipinski definition) is 1. The summed E-state index contributed by atoms with van der Waals surface area (Å²) in [6, 6.07) is 2.56. The molecule has 1 aromatic rings. The number of hydrogen-bond acceptors (Lipinski definition) is 2. The number of thiophene rings is 1. The molecule has 0 radical (unpaired) electrons. The molecule has 1 fully saturated rings. The molecule has 2 atom stereocenters. The fourth-order valence-electron chi connectivity index (χ4n) is 3.37. The van der Waals surface area contributed by atoms with E-state index < -0.39 is 0 Å². The van der Waals surface area contributed by atoms with Crippen molar-refractivity contribution >= 4 is 17.2 Å². The largest absolute Gasteiger partial charge is 0.349 e. The molecular weight excluding hydrogens is 254 g/mol. The first-order valence-electron chi connectivity index (χ1n) is 7.65. The lowest BCUT2D eigenvalue weighted by molar-refractivity contribution is 0.0941. The van der Waals surface area contributed by atoms with Crippen LogP contribution in [0.3, 0.4) is 0 Å². The third-order valence-electron chi connectivity index (χ3n) is 4.50. The van der Waals surface area contributed by atoms with E-state index in [0.717, 1.165) is 23.6 Å². The third kappa shape index (κ3) is 3.02. The Morgan fingerprint density at radius 3 is 2.89 bits per heavy atom. The van der Waals surface area contributed by atoms with Gasteiger partial charge >= 0.3 is 0 Å². The number of fused-ring (bicyclic) bond motifs is 1. The van der Waals surface area contributed by atoms with Crippen LogP contribution in [0.15, 0.2) is 6.07 Å². The first-order valence-corrected chi connectivity index (χ1v) is 8.46. The molecule has 3 heteroatoms. The van der Waals surface area contributed by atoms with Crippen LogP contribution in [0.25, 0.3) is 0 Å². The molecule has 2 nitrogen and oxygen atoms in total. The van der Waals surface area contributed by atoms with E-state index in [1.165, 1.54) is 49.0 Å². The van der Waals surface area contributed by atoms with Crippen molar-refractivity contribution in [1.82, 2.24) is 5.32 Å². The van der Waals surface area contributed by atoms with E-state index in [1.54, 1.807) is 11.3 Å². The first kappa shape index (κ1) is 13.2. The van der Waals surface area contributed by atoms with Crippen molar-refractivity contribution < 1.29 is 4.79 Å². The third-order valence-corrected chi connectivity index (χ3v) is 5.74. The van der Waals surface area contributed by atoms with Crippen molar-refractivity contribution in [2.75, 3.05) is 0 Å². The minimum absolute atomic E-state index is 0.164. The molecule has 1 aromatic heterocycles. The van der Waals surface area contributed by atoms with Gasteiger partial charge in [0.1, 0.15) is 0 Å². The summed E-state index contributed by atoms with van der Waals surface area (Å²) in [6.07, 6.45) is 9.80. The fourth-order valence-corrected chi connectivity index (χ4v) is 4.53. The fraction of sp³-hybridized carbons (Fsp3) is 0.688. The monoisotopic (exact) mass is 277 g/mol. The average Bonchev–Trinajstić information content (AvgIpc) is 2.91. The van der Waals surface area contributed by atoms with Crippen LogP contribution in [-0.2, 0) is 12.8 Å². The second-order valence-electron chi connectivity index (χ2n) is 6.21. The van der Waals surface area contributed by atoms with Crippen LogP contribution < -0.4 is 5.32 Å². The van der Waals surface area contributed by atoms with E-state index in [9.17, 15) is 4.79 Å². The molecule has 104 valence electrons. The number of rotatable bonds is 2. The van der Waals surface area contributed by atoms with Gasteiger partial charge in [-0.05, 0) is 62.5 Å². The highest BCUT2D eigenvalue weighted by molar-refractivity contribution is 7.14. The molecule has 0 bridgehead atoms. The Morgan fingerprint density at radius 2 is 2.11 bits per heavy atom. The Labute approximate surface area is 119 Å². The van der Waals surface area contributed by atoms with Gasteiger partial charge in [0.15, 0.2) is 0 Å². The number of nitrogens with one attached hydrogen (secondary N) is 1. The maximum absolute atomic E-state index is 12.3. The van der Waals surface area contributed by atoms with Gasteiger partial charge in [0, 0.05) is 10.9 Å². The number of carbonyl (C=O) groups is 1. The second-order valence-corrected chi connectivity index (χ2v) is 7.35. The van der Waals surface area contributed by atoms with Crippen LogP contribution in [0.2, 0.25) is 0 Å². The Morgan fingerprint density at radius 1 is 1.26 bits per heavy atom. The quantitative estimate of drug-likeness (QED) is 0.815. The van der Waals surface area contributed by atoms with E-state index in [2.05, 4.69) is 18.3 Å². The Kier molecular flexibility index (Phi) is 3.92. The average molecular weight is 277 g/mol. The van der Waals surface area contributed by atoms with Gasteiger partial charge in [0.05, 0.1) is 4.88 Å². The van der Waals surface area contributed by atoms with Crippen LogP contribution >= 0.6 is 11.3 Å². The number of aryl methyl sites for hydroxylation is 2. The molecular formula is C16H23NOS. The smallest absolute Gasteiger partial charge is 0.261 e. The van der Waals surface area contributed by atoms with Gasteiger partial charge in [-0.1, -0.05) is 13.3 Å². The summed E-state index contributed by atoms with van der Waals surface area (Å²) in [5, 5.41) is 3.22. The highest BCUT2D eigenvalue weighted by Gasteiger charge is 2.24. The highest BCUT2D eigenvalue weighted by atomic mass is 32.1. The molecule has 1 saturated carbocycles. The molecule has 2 unspecified atom stereocenters. The van der Waals surface area contributed by atoms with Gasteiger partial charge in [0.2, 0.25) is 0 Å². The molecule has 3 rings (SSSR count). The first-order chi connectivity index (χ1) is 9.22. The SMILES string of the molecule is CC1CCC(NC(=O)c2cc3c(s2)CCCCC3)C1. The molecule has 0 aliphatic heterocycles. The standard InChI is InChI=1S/C16H23NOS/c1-11-7-8-13(9-11)17-16(18)15-10-12-5-3-2-4-6-14(12)19-15/h10-11,13H,2-9H2,1H3,(H,17,18). The summed E-state index contributed by atoms with van der Waals surface area (Å²) in [5.41, 5.74) is 1.44. The molecule has 19 heavy (non-hydrogen) atoms. The normalized spacial score (nSPS) is 26.8. The molecule has 0 saturated heterocycles. The van der Waals surface area contributed by atoms with Crippen molar-refractivity contribution in [3.63, 3.8) is 0 Å². The zero-order chi connectivity index (χ0) is 13.2. The Bertz CT molecular complexity index is 442. The van der Waals surface area contributed by atoms with Gasteiger partial charge in [0.25, 0.3) is 5.91 Å². The van der Waals surface area contributed by atoms with Crippen molar-refractivity contribution in [3.05, 3.63) is 21.4 Å². The van der Waals surface area contributed by atoms with Crippen molar-refractivity contribution in [2.24, 2.45) is 5.92 Å². The van der Waals surface area contributed by atoms with Gasteiger partial charge in [-0.2, -0.15) is 0 Å². The minimum Gasteiger partial charge on any atom is -0.349 e. The Hall–Kier alpha value is -0.830. The van der Waals surface area contributed by atoms with Crippen LogP contribution in [0.1, 0.15) is 65.6 Å². The minimum atomic E-state index is 0.164. The van der Waals surface area contributed by atoms with Gasteiger partial charge in [-0.15, -0.1) is 11.3 Å². The molecule has 1 N–H and O–H groups in total. The molecule has 0 spiro atoms. The molecule has 0 aromatic carbocycles. The van der Waals surface area contributed by atoms with Crippen LogP contribution in [0.5, 0.6) is 0 Å². The molecule has 1 amide bonds. The summed E-state index contributed by atoms with van der Waals surface area (Å²) < 4.78 is 0. The predicted octanol–water partition coefficient (Wildman–Crippen LogP) is 3.94. The Balaban J connectivity index is 1.66. The summed E-state index contributed by atoms with van der Waals surface area (Å²) in [5.74, 6) is 0.933. The lowest BCUT2D eigenvalue weighted by Crippen LogP contribution is -2.32. The maximum Gasteiger partial charge on any atom is 0.261 e. The summed E-state index contributed by atoms with van der Waals surface area (Å²) in [6.45, 7) is 2.28. The van der Waals surface area contributed by atoms with E-state index >= 15 is 0 Å². The topological polar surface area (TPSA) is 29.1 Å². The second kappa shape index (κ2) is 5.66. The number of carbonyl (C=O) groups excluding carboxylic acids is 1. The van der Waals surface area contributed by atoms with E-state index in [1.807, 2.05) is 0 Å². The van der Waals surface area contributed by atoms with Gasteiger partial charge < -0.3 is 5.32 Å². The maximum atomic E-state index is 12.3. The highest BCUT2D eigenvalue weighted by Crippen LogP contribution is 2.30. The van der Waals surface area contributed by atoms with Crippen molar-refractivity contribution in [3.8, 4) is 0 Å². The van der Waals surface area contributed by atoms with Crippen LogP contribution in [0, 0.1) is 5.92 Å². The van der Waals surface area contributed by atoms with Crippen molar-refractivity contribution in [2.45, 2.75) is 64.3 Å². The van der Waals surface area contributed by atoms with E-state index in [0.29, 0.717) is 6.04 Å². The lowest BCUT2D eigenvalue weighted by Gasteiger charge is -2.11. The molecule has 1 heterocycles. The van der Waals surface area contributed by atoms with E-state index in [-0.39, 0.29) is 5.91 Å². The van der Waals surface area contributed by atoms with E-state index in [4.69, 9.17) is 0 Å². The summed E-state index contributed by atoms with van der Waals surface area (Å²) in [4.78, 5) is 14.7. The lowest BCUT2D eigenvalue weighted by atomic mass is 10.1. The number of amides is 1. The predicted molar refractivity (Wildman–Crippen MR) is 79.8 cm³/mol. The molecule has 2 aliphatic carbocycles. The van der Waals surface area contributed by atoms with Crippen molar-refractivity contribution in [1.29, 1.82) is 0 Å². The van der Waals surface area contributed by atoms with Gasteiger partial charge in [-0.25, -0.2) is 0 Å². The summed E-state index contributed by atoms with van der Waals surface area (Å²) >= 11 is 1.73. The zero-order valence-electron chi connectivity index (χ0n) is 11.7. The van der Waals surface area contributed by atoms with Crippen LogP contribution in [0.4, 0.5) is 0 Å². The van der Waals surface area contributed by atoms with Crippen LogP contribution in [-0.4, -0.2) is 11.9 Å².